The van der Waals surface area contributed by atoms with Crippen LogP contribution in [0.4, 0.5) is 0 Å². The summed E-state index contributed by atoms with van der Waals surface area (Å²) in [6, 6.07) is 0. The van der Waals surface area contributed by atoms with E-state index in [0.29, 0.717) is 0 Å². The molecule has 0 saturated carbocycles. The molecule has 112 valence electrons. The largest absolute Gasteiger partial charge is 0.364 e. The second-order valence-electron chi connectivity index (χ2n) is 7.02. The molecule has 1 N–H and O–H groups in total. The molecule has 0 amide bonds. The van der Waals surface area contributed by atoms with Crippen LogP contribution in [0, 0.1) is 0 Å². The minimum atomic E-state index is 0.863. The van der Waals surface area contributed by atoms with Crippen LogP contribution in [-0.4, -0.2) is 4.98 Å². The number of hydrogen-bond donors (Lipinski definition) is 1. The third-order valence-corrected chi connectivity index (χ3v) is 5.48. The molecule has 1 atom stereocenters. The Morgan fingerprint density at radius 3 is 2.05 bits per heavy atom. The van der Waals surface area contributed by atoms with Gasteiger partial charge in [0.1, 0.15) is 0 Å². The van der Waals surface area contributed by atoms with Crippen molar-refractivity contribution in [2.24, 2.45) is 0 Å². The number of rotatable bonds is 0. The molecule has 0 bridgehead atoms. The van der Waals surface area contributed by atoms with Crippen molar-refractivity contribution >= 4 is 0 Å². The molecule has 0 fully saturated rings. The second kappa shape index (κ2) is 7.33. The molecule has 2 aliphatic rings. The molecular weight excluding hydrogens is 242 g/mol. The molecule has 1 aromatic rings. The number of hydrogen-bond acceptors (Lipinski definition) is 0. The molecule has 0 aromatic carbocycles. The zero-order valence-corrected chi connectivity index (χ0v) is 13.1. The number of nitrogens with one attached hydrogen (secondary N) is 1. The van der Waals surface area contributed by atoms with Crippen LogP contribution in [0.25, 0.3) is 0 Å². The SMILES string of the molecule is c1[nH]c2c3c1CCCCCCCC3CCCCCCC2. The molecule has 0 aliphatic heterocycles. The molecule has 0 saturated heterocycles. The highest BCUT2D eigenvalue weighted by Gasteiger charge is 2.21. The van der Waals surface area contributed by atoms with Gasteiger partial charge >= 0.3 is 0 Å². The molecule has 1 unspecified atom stereocenters. The maximum atomic E-state index is 3.66. The predicted octanol–water partition coefficient (Wildman–Crippen LogP) is 5.89. The van der Waals surface area contributed by atoms with Gasteiger partial charge in [-0.15, -0.1) is 0 Å². The molecule has 0 radical (unpaired) electrons. The fourth-order valence-corrected chi connectivity index (χ4v) is 4.34. The molecule has 1 nitrogen and oxygen atoms in total. The Hall–Kier alpha value is -0.720. The van der Waals surface area contributed by atoms with Crippen molar-refractivity contribution in [2.75, 3.05) is 0 Å². The van der Waals surface area contributed by atoms with E-state index in [1.165, 1.54) is 89.9 Å². The standard InChI is InChI=1S/C19H31N/c1-3-7-11-16-12-8-4-2-6-10-14-18-19(16)17(15-20-18)13-9-5-1/h15-16,20H,1-14H2. The maximum Gasteiger partial charge on any atom is 0.0185 e. The number of aromatic nitrogens is 1. The predicted molar refractivity (Wildman–Crippen MR) is 86.3 cm³/mol. The Balaban J connectivity index is 1.87. The van der Waals surface area contributed by atoms with Crippen molar-refractivity contribution < 1.29 is 0 Å². The van der Waals surface area contributed by atoms with Gasteiger partial charge in [0.05, 0.1) is 0 Å². The van der Waals surface area contributed by atoms with Crippen LogP contribution in [0.1, 0.15) is 99.8 Å². The quantitative estimate of drug-likeness (QED) is 0.606. The van der Waals surface area contributed by atoms with E-state index in [-0.39, 0.29) is 0 Å². The molecule has 3 rings (SSSR count). The Labute approximate surface area is 124 Å². The first kappa shape index (κ1) is 14.2. The third kappa shape index (κ3) is 3.48. The molecule has 1 aromatic heterocycles. The van der Waals surface area contributed by atoms with Crippen LogP contribution >= 0.6 is 0 Å². The molecule has 20 heavy (non-hydrogen) atoms. The molecule has 2 aliphatic carbocycles. The van der Waals surface area contributed by atoms with Crippen LogP contribution in [0.3, 0.4) is 0 Å². The van der Waals surface area contributed by atoms with Crippen LogP contribution in [0.5, 0.6) is 0 Å². The first-order chi connectivity index (χ1) is 9.95. The van der Waals surface area contributed by atoms with E-state index >= 15 is 0 Å². The van der Waals surface area contributed by atoms with Crippen LogP contribution in [0.15, 0.2) is 6.20 Å². The van der Waals surface area contributed by atoms with Crippen molar-refractivity contribution in [3.8, 4) is 0 Å². The lowest BCUT2D eigenvalue weighted by atomic mass is 9.82. The van der Waals surface area contributed by atoms with Gasteiger partial charge in [-0.1, -0.05) is 51.4 Å². The van der Waals surface area contributed by atoms with E-state index in [1.807, 2.05) is 0 Å². The van der Waals surface area contributed by atoms with Crippen molar-refractivity contribution in [1.29, 1.82) is 0 Å². The summed E-state index contributed by atoms with van der Waals surface area (Å²) in [5.41, 5.74) is 5.05. The summed E-state index contributed by atoms with van der Waals surface area (Å²) < 4.78 is 0. The average molecular weight is 273 g/mol. The van der Waals surface area contributed by atoms with Gasteiger partial charge in [-0.3, -0.25) is 0 Å². The van der Waals surface area contributed by atoms with Gasteiger partial charge in [0.15, 0.2) is 0 Å². The Morgan fingerprint density at radius 2 is 1.30 bits per heavy atom. The summed E-state index contributed by atoms with van der Waals surface area (Å²) >= 11 is 0. The normalized spacial score (nSPS) is 25.7. The van der Waals surface area contributed by atoms with Crippen molar-refractivity contribution in [1.82, 2.24) is 4.98 Å². The zero-order chi connectivity index (χ0) is 13.6. The number of aryl methyl sites for hydroxylation is 2. The summed E-state index contributed by atoms with van der Waals surface area (Å²) in [5.74, 6) is 0.863. The van der Waals surface area contributed by atoms with Gasteiger partial charge in [0.2, 0.25) is 0 Å². The zero-order valence-electron chi connectivity index (χ0n) is 13.1. The molecular formula is C19H31N. The van der Waals surface area contributed by atoms with Gasteiger partial charge in [0.25, 0.3) is 0 Å². The van der Waals surface area contributed by atoms with Crippen molar-refractivity contribution in [3.05, 3.63) is 23.0 Å². The Kier molecular flexibility index (Phi) is 5.22. The molecule has 1 heterocycles. The van der Waals surface area contributed by atoms with Crippen LogP contribution < -0.4 is 0 Å². The lowest BCUT2D eigenvalue weighted by molar-refractivity contribution is 0.469. The highest BCUT2D eigenvalue weighted by atomic mass is 14.7. The lowest BCUT2D eigenvalue weighted by Crippen LogP contribution is -2.07. The van der Waals surface area contributed by atoms with Crippen LogP contribution in [0.2, 0.25) is 0 Å². The highest BCUT2D eigenvalue weighted by molar-refractivity contribution is 5.35. The Morgan fingerprint density at radius 1 is 0.700 bits per heavy atom. The summed E-state index contributed by atoms with van der Waals surface area (Å²) in [6.07, 6.45) is 22.3. The number of H-pyrrole nitrogens is 1. The third-order valence-electron chi connectivity index (χ3n) is 5.48. The van der Waals surface area contributed by atoms with E-state index in [4.69, 9.17) is 0 Å². The molecule has 1 heteroatoms. The summed E-state index contributed by atoms with van der Waals surface area (Å²) in [4.78, 5) is 3.66. The van der Waals surface area contributed by atoms with E-state index in [1.54, 1.807) is 16.8 Å². The Bertz CT molecular complexity index is 368. The fraction of sp³-hybridized carbons (Fsp3) is 0.789. The van der Waals surface area contributed by atoms with Gasteiger partial charge < -0.3 is 4.98 Å². The maximum absolute atomic E-state index is 3.66. The van der Waals surface area contributed by atoms with Gasteiger partial charge in [-0.05, 0) is 55.6 Å². The van der Waals surface area contributed by atoms with Crippen molar-refractivity contribution in [3.63, 3.8) is 0 Å². The minimum Gasteiger partial charge on any atom is -0.364 e. The summed E-state index contributed by atoms with van der Waals surface area (Å²) in [6.45, 7) is 0. The smallest absolute Gasteiger partial charge is 0.0185 e. The minimum absolute atomic E-state index is 0.863. The summed E-state index contributed by atoms with van der Waals surface area (Å²) in [7, 11) is 0. The monoisotopic (exact) mass is 273 g/mol. The summed E-state index contributed by atoms with van der Waals surface area (Å²) in [5, 5.41) is 0. The van der Waals surface area contributed by atoms with Crippen molar-refractivity contribution in [2.45, 2.75) is 95.8 Å². The van der Waals surface area contributed by atoms with E-state index < -0.39 is 0 Å². The second-order valence-corrected chi connectivity index (χ2v) is 7.02. The molecule has 0 spiro atoms. The van der Waals surface area contributed by atoms with Gasteiger partial charge in [0, 0.05) is 11.9 Å². The highest BCUT2D eigenvalue weighted by Crippen LogP contribution is 2.36. The van der Waals surface area contributed by atoms with Gasteiger partial charge in [-0.2, -0.15) is 0 Å². The first-order valence-electron chi connectivity index (χ1n) is 9.14. The van der Waals surface area contributed by atoms with E-state index in [9.17, 15) is 0 Å². The first-order valence-corrected chi connectivity index (χ1v) is 9.14. The lowest BCUT2D eigenvalue weighted by Gasteiger charge is -2.22. The average Bonchev–Trinajstić information content (AvgIpc) is 2.87. The van der Waals surface area contributed by atoms with Gasteiger partial charge in [-0.25, -0.2) is 0 Å². The van der Waals surface area contributed by atoms with E-state index in [0.717, 1.165) is 5.92 Å². The topological polar surface area (TPSA) is 15.8 Å². The fourth-order valence-electron chi connectivity index (χ4n) is 4.34. The van der Waals surface area contributed by atoms with E-state index in [2.05, 4.69) is 11.2 Å². The number of aromatic amines is 1. The van der Waals surface area contributed by atoms with Crippen LogP contribution in [-0.2, 0) is 12.8 Å².